The van der Waals surface area contributed by atoms with Crippen LogP contribution in [0.15, 0.2) is 30.3 Å². The minimum absolute atomic E-state index is 0.0318. The van der Waals surface area contributed by atoms with Crippen molar-refractivity contribution in [2.45, 2.75) is 6.42 Å². The molecule has 17 heavy (non-hydrogen) atoms. The molecule has 0 aliphatic carbocycles. The molecule has 1 aromatic heterocycles. The fourth-order valence-electron chi connectivity index (χ4n) is 1.62. The summed E-state index contributed by atoms with van der Waals surface area (Å²) in [5.74, 6) is -3.96. The van der Waals surface area contributed by atoms with Crippen LogP contribution in [-0.2, 0) is 16.0 Å². The lowest BCUT2D eigenvalue weighted by molar-refractivity contribution is -0.154. The molecule has 0 radical (unpaired) electrons. The Labute approximate surface area is 101 Å². The molecule has 0 atom stereocenters. The van der Waals surface area contributed by atoms with E-state index in [0.29, 0.717) is 0 Å². The molecule has 0 unspecified atom stereocenters. The molecule has 2 N–H and O–H groups in total. The number of rotatable bonds is 4. The van der Waals surface area contributed by atoms with E-state index in [4.69, 9.17) is 10.2 Å². The minimum atomic E-state index is -1.37. The van der Waals surface area contributed by atoms with Crippen molar-refractivity contribution in [1.29, 1.82) is 0 Å². The monoisotopic (exact) mass is 250 g/mol. The topological polar surface area (TPSA) is 74.6 Å². The Balaban J connectivity index is 2.28. The van der Waals surface area contributed by atoms with E-state index in [0.717, 1.165) is 15.0 Å². The number of thiophene rings is 1. The first kappa shape index (κ1) is 11.6. The largest absolute Gasteiger partial charge is 0.481 e. The highest BCUT2D eigenvalue weighted by atomic mass is 32.1. The Morgan fingerprint density at radius 2 is 1.82 bits per heavy atom. The highest BCUT2D eigenvalue weighted by Gasteiger charge is 2.26. The maximum atomic E-state index is 10.8. The van der Waals surface area contributed by atoms with Gasteiger partial charge in [0.2, 0.25) is 0 Å². The zero-order valence-corrected chi connectivity index (χ0v) is 9.61. The van der Waals surface area contributed by atoms with Crippen molar-refractivity contribution in [2.24, 2.45) is 5.92 Å². The number of carboxylic acid groups (broad SMARTS) is 2. The summed E-state index contributed by atoms with van der Waals surface area (Å²) in [6.45, 7) is 0. The van der Waals surface area contributed by atoms with Gasteiger partial charge in [0.15, 0.2) is 5.92 Å². The van der Waals surface area contributed by atoms with Gasteiger partial charge in [-0.15, -0.1) is 11.3 Å². The van der Waals surface area contributed by atoms with Crippen molar-refractivity contribution in [1.82, 2.24) is 0 Å². The van der Waals surface area contributed by atoms with Crippen LogP contribution in [0.1, 0.15) is 4.88 Å². The molecule has 0 aliphatic rings. The van der Waals surface area contributed by atoms with Gasteiger partial charge in [0.1, 0.15) is 0 Å². The van der Waals surface area contributed by atoms with Crippen LogP contribution in [0.5, 0.6) is 0 Å². The van der Waals surface area contributed by atoms with E-state index in [9.17, 15) is 9.59 Å². The molecule has 2 rings (SSSR count). The third-order valence-electron chi connectivity index (χ3n) is 2.48. The van der Waals surface area contributed by atoms with Crippen molar-refractivity contribution in [2.75, 3.05) is 0 Å². The lowest BCUT2D eigenvalue weighted by Gasteiger charge is -2.04. The number of fused-ring (bicyclic) bond motifs is 1. The van der Waals surface area contributed by atoms with E-state index < -0.39 is 17.9 Å². The maximum absolute atomic E-state index is 10.8. The van der Waals surface area contributed by atoms with Gasteiger partial charge in [-0.05, 0) is 17.5 Å². The second kappa shape index (κ2) is 4.55. The summed E-state index contributed by atoms with van der Waals surface area (Å²) in [5.41, 5.74) is 0. The predicted molar refractivity (Wildman–Crippen MR) is 64.3 cm³/mol. The molecule has 0 saturated heterocycles. The SMILES string of the molecule is O=C(O)C(Cc1cc2ccccc2s1)C(=O)O. The van der Waals surface area contributed by atoms with Gasteiger partial charge in [-0.1, -0.05) is 18.2 Å². The summed E-state index contributed by atoms with van der Waals surface area (Å²) in [6.07, 6.45) is 0.0318. The van der Waals surface area contributed by atoms with Gasteiger partial charge in [-0.3, -0.25) is 9.59 Å². The average molecular weight is 250 g/mol. The van der Waals surface area contributed by atoms with E-state index in [1.165, 1.54) is 11.3 Å². The molecule has 0 amide bonds. The summed E-state index contributed by atoms with van der Waals surface area (Å²) < 4.78 is 1.04. The Bertz CT molecular complexity index is 526. The molecule has 1 heterocycles. The quantitative estimate of drug-likeness (QED) is 0.816. The second-order valence-electron chi connectivity index (χ2n) is 3.68. The van der Waals surface area contributed by atoms with Crippen LogP contribution in [0.2, 0.25) is 0 Å². The molecular formula is C12H10O4S. The lowest BCUT2D eigenvalue weighted by Crippen LogP contribution is -2.25. The standard InChI is InChI=1S/C12H10O4S/c13-11(14)9(12(15)16)6-8-5-7-3-1-2-4-10(7)17-8/h1-5,9H,6H2,(H,13,14)(H,15,16). The van der Waals surface area contributed by atoms with Gasteiger partial charge in [0, 0.05) is 16.0 Å². The third kappa shape index (κ3) is 2.45. The number of carboxylic acids is 2. The highest BCUT2D eigenvalue weighted by Crippen LogP contribution is 2.27. The molecule has 88 valence electrons. The second-order valence-corrected chi connectivity index (χ2v) is 4.85. The van der Waals surface area contributed by atoms with E-state index >= 15 is 0 Å². The van der Waals surface area contributed by atoms with Gasteiger partial charge in [0.05, 0.1) is 0 Å². The fraction of sp³-hybridized carbons (Fsp3) is 0.167. The van der Waals surface area contributed by atoms with Gasteiger partial charge in [-0.2, -0.15) is 0 Å². The molecule has 4 nitrogen and oxygen atoms in total. The van der Waals surface area contributed by atoms with E-state index in [-0.39, 0.29) is 6.42 Å². The van der Waals surface area contributed by atoms with Gasteiger partial charge >= 0.3 is 11.9 Å². The fourth-order valence-corrected chi connectivity index (χ4v) is 2.73. The van der Waals surface area contributed by atoms with Crippen LogP contribution in [0, 0.1) is 5.92 Å². The van der Waals surface area contributed by atoms with Crippen LogP contribution in [-0.4, -0.2) is 22.2 Å². The van der Waals surface area contributed by atoms with Gasteiger partial charge in [-0.25, -0.2) is 0 Å². The first-order valence-electron chi connectivity index (χ1n) is 5.01. The van der Waals surface area contributed by atoms with Crippen molar-refractivity contribution in [3.8, 4) is 0 Å². The first-order valence-corrected chi connectivity index (χ1v) is 5.82. The third-order valence-corrected chi connectivity index (χ3v) is 3.62. The Morgan fingerprint density at radius 3 is 2.41 bits per heavy atom. The first-order chi connectivity index (χ1) is 8.08. The highest BCUT2D eigenvalue weighted by molar-refractivity contribution is 7.19. The normalized spacial score (nSPS) is 10.9. The predicted octanol–water partition coefficient (Wildman–Crippen LogP) is 2.23. The number of hydrogen-bond acceptors (Lipinski definition) is 3. The van der Waals surface area contributed by atoms with E-state index in [1.807, 2.05) is 30.3 Å². The Morgan fingerprint density at radius 1 is 1.18 bits per heavy atom. The van der Waals surface area contributed by atoms with Crippen molar-refractivity contribution < 1.29 is 19.8 Å². The number of aliphatic carboxylic acids is 2. The molecule has 1 aromatic carbocycles. The summed E-state index contributed by atoms with van der Waals surface area (Å²) in [7, 11) is 0. The molecule has 0 fully saturated rings. The Kier molecular flexibility index (Phi) is 3.10. The van der Waals surface area contributed by atoms with E-state index in [2.05, 4.69) is 0 Å². The van der Waals surface area contributed by atoms with Crippen LogP contribution < -0.4 is 0 Å². The Hall–Kier alpha value is -1.88. The van der Waals surface area contributed by atoms with Gasteiger partial charge < -0.3 is 10.2 Å². The summed E-state index contributed by atoms with van der Waals surface area (Å²) in [6, 6.07) is 9.49. The lowest BCUT2D eigenvalue weighted by atomic mass is 10.1. The average Bonchev–Trinajstić information content (AvgIpc) is 2.67. The number of carbonyl (C=O) groups is 2. The van der Waals surface area contributed by atoms with Gasteiger partial charge in [0.25, 0.3) is 0 Å². The van der Waals surface area contributed by atoms with Crippen LogP contribution in [0.4, 0.5) is 0 Å². The zero-order chi connectivity index (χ0) is 12.4. The van der Waals surface area contributed by atoms with Crippen molar-refractivity contribution in [3.05, 3.63) is 35.2 Å². The van der Waals surface area contributed by atoms with Crippen LogP contribution in [0.3, 0.4) is 0 Å². The smallest absolute Gasteiger partial charge is 0.318 e. The molecule has 0 spiro atoms. The molecule has 0 aliphatic heterocycles. The van der Waals surface area contributed by atoms with Crippen LogP contribution >= 0.6 is 11.3 Å². The summed E-state index contributed by atoms with van der Waals surface area (Å²) in [4.78, 5) is 22.3. The summed E-state index contributed by atoms with van der Waals surface area (Å²) in [5, 5.41) is 18.6. The molecular weight excluding hydrogens is 240 g/mol. The molecule has 5 heteroatoms. The molecule has 0 bridgehead atoms. The maximum Gasteiger partial charge on any atom is 0.318 e. The van der Waals surface area contributed by atoms with Crippen molar-refractivity contribution >= 4 is 33.4 Å². The van der Waals surface area contributed by atoms with Crippen molar-refractivity contribution in [3.63, 3.8) is 0 Å². The van der Waals surface area contributed by atoms with Crippen LogP contribution in [0.25, 0.3) is 10.1 Å². The molecule has 0 saturated carbocycles. The number of benzene rings is 1. The summed E-state index contributed by atoms with van der Waals surface area (Å²) >= 11 is 1.43. The molecule has 2 aromatic rings. The van der Waals surface area contributed by atoms with E-state index in [1.54, 1.807) is 0 Å². The minimum Gasteiger partial charge on any atom is -0.481 e. The number of hydrogen-bond donors (Lipinski definition) is 2. The zero-order valence-electron chi connectivity index (χ0n) is 8.79.